The van der Waals surface area contributed by atoms with Crippen LogP contribution in [0.5, 0.6) is 0 Å². The Hall–Kier alpha value is -2.73. The monoisotopic (exact) mass is 413 g/mol. The summed E-state index contributed by atoms with van der Waals surface area (Å²) >= 11 is 3.44. The quantitative estimate of drug-likeness (QED) is 0.486. The van der Waals surface area contributed by atoms with Crippen LogP contribution in [0.25, 0.3) is 5.69 Å². The fourth-order valence-electron chi connectivity index (χ4n) is 2.76. The van der Waals surface area contributed by atoms with Gasteiger partial charge in [-0.05, 0) is 62.4 Å². The third-order valence-corrected chi connectivity index (χ3v) is 4.54. The van der Waals surface area contributed by atoms with Crippen LogP contribution in [0.1, 0.15) is 27.3 Å². The molecule has 6 heteroatoms. The Bertz CT molecular complexity index is 977. The van der Waals surface area contributed by atoms with Crippen LogP contribution in [-0.2, 0) is 0 Å². The number of hydrogen-bond acceptors (Lipinski definition) is 2. The van der Waals surface area contributed by atoms with Crippen LogP contribution in [0.15, 0.2) is 64.2 Å². The average molecular weight is 414 g/mol. The zero-order valence-corrected chi connectivity index (χ0v) is 15.9. The van der Waals surface area contributed by atoms with Crippen LogP contribution in [0.2, 0.25) is 0 Å². The third-order valence-electron chi connectivity index (χ3n) is 4.01. The number of amides is 1. The van der Waals surface area contributed by atoms with Crippen LogP contribution >= 0.6 is 15.9 Å². The lowest BCUT2D eigenvalue weighted by Crippen LogP contribution is -2.17. The van der Waals surface area contributed by atoms with E-state index in [2.05, 4.69) is 31.0 Å². The van der Waals surface area contributed by atoms with Crippen LogP contribution in [0.4, 0.5) is 4.39 Å². The predicted octanol–water partition coefficient (Wildman–Crippen LogP) is 4.76. The predicted molar refractivity (Wildman–Crippen MR) is 104 cm³/mol. The maximum absolute atomic E-state index is 13.2. The van der Waals surface area contributed by atoms with E-state index >= 15 is 0 Å². The van der Waals surface area contributed by atoms with Gasteiger partial charge in [-0.3, -0.25) is 4.79 Å². The van der Waals surface area contributed by atoms with Gasteiger partial charge in [-0.15, -0.1) is 0 Å². The third kappa shape index (κ3) is 3.91. The molecule has 26 heavy (non-hydrogen) atoms. The van der Waals surface area contributed by atoms with Gasteiger partial charge >= 0.3 is 0 Å². The lowest BCUT2D eigenvalue weighted by atomic mass is 10.2. The van der Waals surface area contributed by atoms with Gasteiger partial charge in [0.1, 0.15) is 5.82 Å². The number of nitrogens with zero attached hydrogens (tertiary/aromatic N) is 2. The van der Waals surface area contributed by atoms with Gasteiger partial charge in [0.15, 0.2) is 0 Å². The topological polar surface area (TPSA) is 46.4 Å². The van der Waals surface area contributed by atoms with Gasteiger partial charge in [0.25, 0.3) is 5.91 Å². The largest absolute Gasteiger partial charge is 0.318 e. The van der Waals surface area contributed by atoms with E-state index in [4.69, 9.17) is 0 Å². The van der Waals surface area contributed by atoms with Gasteiger partial charge in [0.05, 0.1) is 6.21 Å². The molecule has 0 bridgehead atoms. The van der Waals surface area contributed by atoms with Gasteiger partial charge in [-0.25, -0.2) is 9.82 Å². The van der Waals surface area contributed by atoms with Crippen molar-refractivity contribution in [2.45, 2.75) is 13.8 Å². The Morgan fingerprint density at radius 1 is 1.15 bits per heavy atom. The van der Waals surface area contributed by atoms with E-state index in [1.165, 1.54) is 24.3 Å². The second kappa shape index (κ2) is 7.66. The number of aryl methyl sites for hydroxylation is 1. The van der Waals surface area contributed by atoms with Crippen LogP contribution in [-0.4, -0.2) is 16.7 Å². The first-order valence-electron chi connectivity index (χ1n) is 7.99. The summed E-state index contributed by atoms with van der Waals surface area (Å²) in [6, 6.07) is 15.5. The van der Waals surface area contributed by atoms with Gasteiger partial charge < -0.3 is 4.57 Å². The minimum atomic E-state index is -0.459. The standard InChI is InChI=1S/C20H17BrFN3O/c1-13-10-16(14(2)25(13)19-8-6-17(21)7-9-19)12-23-24-20(26)15-4-3-5-18(22)11-15/h3-12H,1-2H3,(H,24,26)/b23-12-. The molecule has 0 spiro atoms. The Kier molecular flexibility index (Phi) is 5.32. The molecule has 3 aromatic rings. The van der Waals surface area contributed by atoms with Crippen molar-refractivity contribution in [3.05, 3.63) is 87.4 Å². The molecular weight excluding hydrogens is 397 g/mol. The molecule has 1 aromatic heterocycles. The first-order valence-corrected chi connectivity index (χ1v) is 8.79. The fraction of sp³-hybridized carbons (Fsp3) is 0.100. The van der Waals surface area contributed by atoms with E-state index in [-0.39, 0.29) is 5.56 Å². The Labute approximate surface area is 159 Å². The van der Waals surface area contributed by atoms with Crippen molar-refractivity contribution in [2.75, 3.05) is 0 Å². The molecule has 0 radical (unpaired) electrons. The number of benzene rings is 2. The van der Waals surface area contributed by atoms with Crippen molar-refractivity contribution in [1.82, 2.24) is 9.99 Å². The van der Waals surface area contributed by atoms with Gasteiger partial charge in [-0.2, -0.15) is 5.10 Å². The summed E-state index contributed by atoms with van der Waals surface area (Å²) < 4.78 is 16.3. The second-order valence-corrected chi connectivity index (χ2v) is 6.76. The molecule has 3 rings (SSSR count). The van der Waals surface area contributed by atoms with Gasteiger partial charge in [0, 0.05) is 32.7 Å². The summed E-state index contributed by atoms with van der Waals surface area (Å²) in [6.45, 7) is 4.00. The summed E-state index contributed by atoms with van der Waals surface area (Å²) in [7, 11) is 0. The first-order chi connectivity index (χ1) is 12.5. The zero-order valence-electron chi connectivity index (χ0n) is 14.3. The molecule has 0 unspecified atom stereocenters. The number of hydrogen-bond donors (Lipinski definition) is 1. The number of carbonyl (C=O) groups excluding carboxylic acids is 1. The van der Waals surface area contributed by atoms with E-state index < -0.39 is 11.7 Å². The minimum Gasteiger partial charge on any atom is -0.318 e. The number of carbonyl (C=O) groups is 1. The number of rotatable bonds is 4. The van der Waals surface area contributed by atoms with E-state index in [0.29, 0.717) is 0 Å². The highest BCUT2D eigenvalue weighted by atomic mass is 79.9. The highest BCUT2D eigenvalue weighted by molar-refractivity contribution is 9.10. The average Bonchev–Trinajstić information content (AvgIpc) is 2.89. The van der Waals surface area contributed by atoms with Crippen molar-refractivity contribution < 1.29 is 9.18 Å². The summed E-state index contributed by atoms with van der Waals surface area (Å²) in [6.07, 6.45) is 1.59. The number of halogens is 2. The molecule has 0 aliphatic carbocycles. The summed E-state index contributed by atoms with van der Waals surface area (Å²) in [5.41, 5.74) is 6.66. The fourth-order valence-corrected chi connectivity index (χ4v) is 3.02. The molecule has 0 saturated carbocycles. The lowest BCUT2D eigenvalue weighted by Gasteiger charge is -2.09. The van der Waals surface area contributed by atoms with Crippen molar-refractivity contribution in [2.24, 2.45) is 5.10 Å². The molecule has 1 heterocycles. The highest BCUT2D eigenvalue weighted by Gasteiger charge is 2.10. The Morgan fingerprint density at radius 3 is 2.58 bits per heavy atom. The second-order valence-electron chi connectivity index (χ2n) is 5.85. The number of nitrogens with one attached hydrogen (secondary N) is 1. The highest BCUT2D eigenvalue weighted by Crippen LogP contribution is 2.21. The van der Waals surface area contributed by atoms with Crippen LogP contribution < -0.4 is 5.43 Å². The van der Waals surface area contributed by atoms with Crippen LogP contribution in [0, 0.1) is 19.7 Å². The maximum atomic E-state index is 13.2. The molecule has 0 aliphatic heterocycles. The molecule has 0 saturated heterocycles. The SMILES string of the molecule is Cc1cc(/C=N\NC(=O)c2cccc(F)c2)c(C)n1-c1ccc(Br)cc1. The molecule has 1 amide bonds. The minimum absolute atomic E-state index is 0.225. The summed E-state index contributed by atoms with van der Waals surface area (Å²) in [5.74, 6) is -0.915. The molecule has 0 atom stereocenters. The van der Waals surface area contributed by atoms with Crippen LogP contribution in [0.3, 0.4) is 0 Å². The first kappa shape index (κ1) is 18.1. The van der Waals surface area contributed by atoms with Crippen molar-refractivity contribution in [3.63, 3.8) is 0 Å². The van der Waals surface area contributed by atoms with Gasteiger partial charge in [0.2, 0.25) is 0 Å². The molecular formula is C20H17BrFN3O. The molecule has 2 aromatic carbocycles. The molecule has 4 nitrogen and oxygen atoms in total. The van der Waals surface area contributed by atoms with E-state index in [9.17, 15) is 9.18 Å². The number of aromatic nitrogens is 1. The number of hydrazone groups is 1. The lowest BCUT2D eigenvalue weighted by molar-refractivity contribution is 0.0954. The van der Waals surface area contributed by atoms with Gasteiger partial charge in [-0.1, -0.05) is 22.0 Å². The smallest absolute Gasteiger partial charge is 0.271 e. The maximum Gasteiger partial charge on any atom is 0.271 e. The van der Waals surface area contributed by atoms with Crippen molar-refractivity contribution in [3.8, 4) is 5.69 Å². The normalized spacial score (nSPS) is 11.1. The van der Waals surface area contributed by atoms with E-state index in [1.807, 2.05) is 44.2 Å². The Balaban J connectivity index is 1.78. The van der Waals surface area contributed by atoms with Crippen molar-refractivity contribution >= 4 is 28.1 Å². The molecule has 1 N–H and O–H groups in total. The summed E-state index contributed by atoms with van der Waals surface area (Å²) in [5, 5.41) is 4.00. The van der Waals surface area contributed by atoms with Crippen molar-refractivity contribution in [1.29, 1.82) is 0 Å². The van der Waals surface area contributed by atoms with E-state index in [1.54, 1.807) is 6.21 Å². The Morgan fingerprint density at radius 2 is 1.88 bits per heavy atom. The molecule has 0 fully saturated rings. The van der Waals surface area contributed by atoms with E-state index in [0.717, 1.165) is 27.1 Å². The molecule has 0 aliphatic rings. The zero-order chi connectivity index (χ0) is 18.7. The molecule has 132 valence electrons. The summed E-state index contributed by atoms with van der Waals surface area (Å²) in [4.78, 5) is 12.0.